The zero-order valence-corrected chi connectivity index (χ0v) is 15.9. The lowest BCUT2D eigenvalue weighted by atomic mass is 10.2. The molecule has 1 saturated heterocycles. The third kappa shape index (κ3) is 3.42. The Hall–Kier alpha value is -1.22. The summed E-state index contributed by atoms with van der Waals surface area (Å²) in [6, 6.07) is 6.55. The first-order chi connectivity index (χ1) is 11.4. The minimum atomic E-state index is -3.56. The van der Waals surface area contributed by atoms with Crippen molar-refractivity contribution >= 4 is 38.1 Å². The normalized spacial score (nSPS) is 16.8. The van der Waals surface area contributed by atoms with Gasteiger partial charge in [0.15, 0.2) is 0 Å². The molecule has 1 aromatic heterocycles. The molecule has 0 saturated carbocycles. The average molecular weight is 387 g/mol. The number of halogens is 1. The fraction of sp³-hybridized carbons (Fsp3) is 0.467. The van der Waals surface area contributed by atoms with E-state index in [1.54, 1.807) is 35.6 Å². The van der Waals surface area contributed by atoms with Crippen LogP contribution in [-0.4, -0.2) is 49.1 Å². The molecule has 1 aliphatic heterocycles. The van der Waals surface area contributed by atoms with Gasteiger partial charge in [-0.15, -0.1) is 10.2 Å². The van der Waals surface area contributed by atoms with Crippen molar-refractivity contribution in [3.8, 4) is 0 Å². The van der Waals surface area contributed by atoms with Crippen LogP contribution < -0.4 is 4.90 Å². The summed E-state index contributed by atoms with van der Waals surface area (Å²) >= 11 is 7.62. The van der Waals surface area contributed by atoms with Crippen LogP contribution in [0.2, 0.25) is 5.02 Å². The topological polar surface area (TPSA) is 66.4 Å². The Morgan fingerprint density at radius 2 is 1.79 bits per heavy atom. The van der Waals surface area contributed by atoms with Crippen LogP contribution in [0, 0.1) is 0 Å². The van der Waals surface area contributed by atoms with Crippen LogP contribution >= 0.6 is 22.9 Å². The molecule has 9 heteroatoms. The maximum Gasteiger partial charge on any atom is 0.244 e. The maximum atomic E-state index is 12.7. The molecule has 0 atom stereocenters. The van der Waals surface area contributed by atoms with Crippen LogP contribution in [0.5, 0.6) is 0 Å². The molecule has 0 N–H and O–H groups in total. The number of aromatic nitrogens is 2. The van der Waals surface area contributed by atoms with Gasteiger partial charge < -0.3 is 4.90 Å². The molecule has 0 radical (unpaired) electrons. The second kappa shape index (κ2) is 6.95. The highest BCUT2D eigenvalue weighted by Gasteiger charge is 2.30. The van der Waals surface area contributed by atoms with E-state index >= 15 is 0 Å². The summed E-state index contributed by atoms with van der Waals surface area (Å²) < 4.78 is 27.0. The molecule has 3 rings (SSSR count). The number of rotatable bonds is 4. The van der Waals surface area contributed by atoms with Crippen molar-refractivity contribution in [2.75, 3.05) is 31.1 Å². The number of benzene rings is 1. The monoisotopic (exact) mass is 386 g/mol. The SMILES string of the molecule is CC(C)c1nnc(N2CCN(S(=O)(=O)c3ccccc3Cl)CC2)s1. The lowest BCUT2D eigenvalue weighted by molar-refractivity contribution is 0.384. The van der Waals surface area contributed by atoms with E-state index in [1.165, 1.54) is 4.31 Å². The number of anilines is 1. The van der Waals surface area contributed by atoms with Crippen molar-refractivity contribution in [1.29, 1.82) is 0 Å². The van der Waals surface area contributed by atoms with Crippen molar-refractivity contribution in [3.05, 3.63) is 34.3 Å². The molecule has 1 aromatic carbocycles. The molecule has 0 spiro atoms. The van der Waals surface area contributed by atoms with Gasteiger partial charge in [0.25, 0.3) is 0 Å². The van der Waals surface area contributed by atoms with Gasteiger partial charge in [0, 0.05) is 32.1 Å². The lowest BCUT2D eigenvalue weighted by Gasteiger charge is -2.33. The quantitative estimate of drug-likeness (QED) is 0.808. The Morgan fingerprint density at radius 1 is 1.12 bits per heavy atom. The van der Waals surface area contributed by atoms with Crippen molar-refractivity contribution in [2.24, 2.45) is 0 Å². The second-order valence-electron chi connectivity index (χ2n) is 5.90. The van der Waals surface area contributed by atoms with E-state index in [0.717, 1.165) is 10.1 Å². The first-order valence-electron chi connectivity index (χ1n) is 7.72. The van der Waals surface area contributed by atoms with Gasteiger partial charge >= 0.3 is 0 Å². The highest BCUT2D eigenvalue weighted by molar-refractivity contribution is 7.89. The highest BCUT2D eigenvalue weighted by Crippen LogP contribution is 2.28. The Labute approximate surface area is 151 Å². The van der Waals surface area contributed by atoms with Crippen LogP contribution in [0.3, 0.4) is 0 Å². The van der Waals surface area contributed by atoms with Crippen LogP contribution in [0.1, 0.15) is 24.8 Å². The maximum absolute atomic E-state index is 12.7. The summed E-state index contributed by atoms with van der Waals surface area (Å²) in [7, 11) is -3.56. The number of hydrogen-bond acceptors (Lipinski definition) is 6. The number of nitrogens with zero attached hydrogens (tertiary/aromatic N) is 4. The second-order valence-corrected chi connectivity index (χ2v) is 9.20. The lowest BCUT2D eigenvalue weighted by Crippen LogP contribution is -2.48. The Kier molecular flexibility index (Phi) is 5.10. The van der Waals surface area contributed by atoms with E-state index in [2.05, 4.69) is 28.9 Å². The first kappa shape index (κ1) is 17.6. The summed E-state index contributed by atoms with van der Waals surface area (Å²) in [4.78, 5) is 2.25. The van der Waals surface area contributed by atoms with E-state index in [1.807, 2.05) is 0 Å². The number of sulfonamides is 1. The van der Waals surface area contributed by atoms with Crippen molar-refractivity contribution in [3.63, 3.8) is 0 Å². The van der Waals surface area contributed by atoms with Crippen LogP contribution in [0.4, 0.5) is 5.13 Å². The molecule has 2 heterocycles. The van der Waals surface area contributed by atoms with E-state index in [9.17, 15) is 8.42 Å². The molecule has 0 aliphatic carbocycles. The van der Waals surface area contributed by atoms with Gasteiger partial charge in [0.1, 0.15) is 9.90 Å². The van der Waals surface area contributed by atoms with Gasteiger partial charge in [0.05, 0.1) is 5.02 Å². The summed E-state index contributed by atoms with van der Waals surface area (Å²) in [6.45, 7) is 6.16. The fourth-order valence-corrected chi connectivity index (χ4v) is 5.31. The van der Waals surface area contributed by atoms with Gasteiger partial charge in [-0.05, 0) is 12.1 Å². The van der Waals surface area contributed by atoms with E-state index < -0.39 is 10.0 Å². The molecule has 6 nitrogen and oxygen atoms in total. The van der Waals surface area contributed by atoms with E-state index in [-0.39, 0.29) is 9.92 Å². The average Bonchev–Trinajstić information content (AvgIpc) is 3.05. The van der Waals surface area contributed by atoms with Crippen molar-refractivity contribution in [2.45, 2.75) is 24.7 Å². The van der Waals surface area contributed by atoms with Crippen LogP contribution in [0.15, 0.2) is 29.2 Å². The number of piperazine rings is 1. The third-order valence-electron chi connectivity index (χ3n) is 3.89. The van der Waals surface area contributed by atoms with Gasteiger partial charge in [-0.2, -0.15) is 4.31 Å². The molecule has 0 amide bonds. The predicted molar refractivity (Wildman–Crippen MR) is 96.4 cm³/mol. The summed E-state index contributed by atoms with van der Waals surface area (Å²) in [6.07, 6.45) is 0. The Morgan fingerprint density at radius 3 is 2.38 bits per heavy atom. The van der Waals surface area contributed by atoms with Gasteiger partial charge in [-0.3, -0.25) is 0 Å². The smallest absolute Gasteiger partial charge is 0.244 e. The zero-order valence-electron chi connectivity index (χ0n) is 13.5. The largest absolute Gasteiger partial charge is 0.344 e. The zero-order chi connectivity index (χ0) is 17.3. The van der Waals surface area contributed by atoms with Gasteiger partial charge in [-0.25, -0.2) is 8.42 Å². The minimum Gasteiger partial charge on any atom is -0.344 e. The van der Waals surface area contributed by atoms with Crippen LogP contribution in [0.25, 0.3) is 0 Å². The van der Waals surface area contributed by atoms with Crippen LogP contribution in [-0.2, 0) is 10.0 Å². The number of hydrogen-bond donors (Lipinski definition) is 0. The standard InChI is InChI=1S/C15H19ClN4O2S2/c1-11(2)14-17-18-15(23-14)19-7-9-20(10-8-19)24(21,22)13-6-4-3-5-12(13)16/h3-6,11H,7-10H2,1-2H3. The van der Waals surface area contributed by atoms with E-state index in [0.29, 0.717) is 32.1 Å². The molecular weight excluding hydrogens is 368 g/mol. The first-order valence-corrected chi connectivity index (χ1v) is 10.4. The Bertz CT molecular complexity index is 814. The van der Waals surface area contributed by atoms with Gasteiger partial charge in [0.2, 0.25) is 15.2 Å². The Balaban J connectivity index is 1.71. The minimum absolute atomic E-state index is 0.165. The third-order valence-corrected chi connectivity index (χ3v) is 7.57. The molecule has 1 aliphatic rings. The summed E-state index contributed by atoms with van der Waals surface area (Å²) in [5, 5.41) is 10.5. The molecule has 0 unspecified atom stereocenters. The van der Waals surface area contributed by atoms with Crippen molar-refractivity contribution in [1.82, 2.24) is 14.5 Å². The highest BCUT2D eigenvalue weighted by atomic mass is 35.5. The fourth-order valence-electron chi connectivity index (χ4n) is 2.50. The molecule has 0 bridgehead atoms. The van der Waals surface area contributed by atoms with E-state index in [4.69, 9.17) is 11.6 Å². The predicted octanol–water partition coefficient (Wildman–Crippen LogP) is 2.83. The molecule has 130 valence electrons. The summed E-state index contributed by atoms with van der Waals surface area (Å²) in [5.41, 5.74) is 0. The molecule has 2 aromatic rings. The molecular formula is C15H19ClN4O2S2. The van der Waals surface area contributed by atoms with Gasteiger partial charge in [-0.1, -0.05) is 48.9 Å². The van der Waals surface area contributed by atoms with Crippen molar-refractivity contribution < 1.29 is 8.42 Å². The molecule has 24 heavy (non-hydrogen) atoms. The summed E-state index contributed by atoms with van der Waals surface area (Å²) in [5.74, 6) is 0.345. The molecule has 1 fully saturated rings.